The summed E-state index contributed by atoms with van der Waals surface area (Å²) in [4.78, 5) is 14.9. The number of nitrogens with one attached hydrogen (secondary N) is 1. The highest BCUT2D eigenvalue weighted by atomic mass is 35.5. The normalized spacial score (nSPS) is 18.1. The van der Waals surface area contributed by atoms with Crippen LogP contribution in [0.4, 0.5) is 10.1 Å². The average Bonchev–Trinajstić information content (AvgIpc) is 2.58. The number of hydrogen-bond acceptors (Lipinski definition) is 2. The Morgan fingerprint density at radius 3 is 2.96 bits per heavy atom. The number of halogens is 2. The van der Waals surface area contributed by atoms with Gasteiger partial charge in [0.1, 0.15) is 5.82 Å². The van der Waals surface area contributed by atoms with E-state index in [1.54, 1.807) is 18.2 Å². The Labute approximate surface area is 152 Å². The van der Waals surface area contributed by atoms with Crippen LogP contribution in [0.25, 0.3) is 0 Å². The Balaban J connectivity index is 1.62. The van der Waals surface area contributed by atoms with Gasteiger partial charge in [0.2, 0.25) is 5.91 Å². The molecule has 2 aromatic rings. The Bertz CT molecular complexity index is 765. The third-order valence-corrected chi connectivity index (χ3v) is 4.86. The van der Waals surface area contributed by atoms with Crippen LogP contribution in [0.2, 0.25) is 5.02 Å². The van der Waals surface area contributed by atoms with Crippen molar-refractivity contribution in [3.63, 3.8) is 0 Å². The van der Waals surface area contributed by atoms with Crippen LogP contribution in [-0.2, 0) is 11.3 Å². The van der Waals surface area contributed by atoms with Crippen LogP contribution in [0.3, 0.4) is 0 Å². The van der Waals surface area contributed by atoms with Crippen LogP contribution < -0.4 is 5.32 Å². The van der Waals surface area contributed by atoms with E-state index in [2.05, 4.69) is 10.2 Å². The number of piperidine rings is 1. The molecule has 1 heterocycles. The monoisotopic (exact) mass is 360 g/mol. The maximum atomic E-state index is 13.3. The van der Waals surface area contributed by atoms with E-state index in [-0.39, 0.29) is 17.6 Å². The molecule has 0 aromatic heterocycles. The highest BCUT2D eigenvalue weighted by Gasteiger charge is 2.26. The van der Waals surface area contributed by atoms with Gasteiger partial charge >= 0.3 is 0 Å². The summed E-state index contributed by atoms with van der Waals surface area (Å²) >= 11 is 6.02. The van der Waals surface area contributed by atoms with Crippen LogP contribution >= 0.6 is 11.6 Å². The molecule has 1 atom stereocenters. The number of hydrogen-bond donors (Lipinski definition) is 1. The molecule has 1 aliphatic heterocycles. The molecule has 1 aliphatic rings. The summed E-state index contributed by atoms with van der Waals surface area (Å²) in [6, 6.07) is 12.1. The van der Waals surface area contributed by atoms with Crippen molar-refractivity contribution in [1.29, 1.82) is 0 Å². The Hall–Kier alpha value is -1.91. The van der Waals surface area contributed by atoms with Crippen LogP contribution in [-0.4, -0.2) is 23.9 Å². The molecule has 5 heteroatoms. The maximum absolute atomic E-state index is 13.3. The second kappa shape index (κ2) is 7.98. The van der Waals surface area contributed by atoms with Gasteiger partial charge in [-0.25, -0.2) is 4.39 Å². The van der Waals surface area contributed by atoms with Crippen molar-refractivity contribution < 1.29 is 9.18 Å². The van der Waals surface area contributed by atoms with Crippen molar-refractivity contribution in [2.45, 2.75) is 26.3 Å². The highest BCUT2D eigenvalue weighted by Crippen LogP contribution is 2.24. The predicted octanol–water partition coefficient (Wildman–Crippen LogP) is 4.64. The van der Waals surface area contributed by atoms with E-state index in [9.17, 15) is 9.18 Å². The van der Waals surface area contributed by atoms with Gasteiger partial charge in [0.25, 0.3) is 0 Å². The van der Waals surface area contributed by atoms with Crippen molar-refractivity contribution in [3.05, 3.63) is 64.4 Å². The molecule has 1 saturated heterocycles. The van der Waals surface area contributed by atoms with Gasteiger partial charge in [-0.1, -0.05) is 29.8 Å². The minimum atomic E-state index is -0.222. The topological polar surface area (TPSA) is 32.3 Å². The van der Waals surface area contributed by atoms with Gasteiger partial charge in [-0.2, -0.15) is 0 Å². The van der Waals surface area contributed by atoms with Crippen LogP contribution in [0, 0.1) is 18.7 Å². The number of anilines is 1. The average molecular weight is 361 g/mol. The van der Waals surface area contributed by atoms with E-state index in [1.165, 1.54) is 6.07 Å². The minimum Gasteiger partial charge on any atom is -0.326 e. The van der Waals surface area contributed by atoms with E-state index >= 15 is 0 Å². The second-order valence-corrected chi connectivity index (χ2v) is 7.09. The fraction of sp³-hybridized carbons (Fsp3) is 0.350. The predicted molar refractivity (Wildman–Crippen MR) is 99.2 cm³/mol. The molecular formula is C20H22ClFN2O. The first kappa shape index (κ1) is 17.9. The molecule has 132 valence electrons. The maximum Gasteiger partial charge on any atom is 0.228 e. The van der Waals surface area contributed by atoms with Crippen molar-refractivity contribution in [2.75, 3.05) is 18.4 Å². The zero-order chi connectivity index (χ0) is 17.8. The largest absolute Gasteiger partial charge is 0.326 e. The second-order valence-electron chi connectivity index (χ2n) is 6.65. The van der Waals surface area contributed by atoms with Crippen molar-refractivity contribution in [2.24, 2.45) is 5.92 Å². The van der Waals surface area contributed by atoms with Gasteiger partial charge in [0.15, 0.2) is 0 Å². The molecule has 1 fully saturated rings. The summed E-state index contributed by atoms with van der Waals surface area (Å²) in [7, 11) is 0. The quantitative estimate of drug-likeness (QED) is 0.861. The van der Waals surface area contributed by atoms with Gasteiger partial charge in [-0.3, -0.25) is 9.69 Å². The molecular weight excluding hydrogens is 339 g/mol. The Morgan fingerprint density at radius 1 is 1.32 bits per heavy atom. The number of nitrogens with zero attached hydrogens (tertiary/aromatic N) is 1. The van der Waals surface area contributed by atoms with E-state index < -0.39 is 0 Å². The molecule has 0 bridgehead atoms. The molecule has 0 radical (unpaired) electrons. The van der Waals surface area contributed by atoms with E-state index in [1.807, 2.05) is 25.1 Å². The number of amides is 1. The molecule has 1 N–H and O–H groups in total. The summed E-state index contributed by atoms with van der Waals surface area (Å²) < 4.78 is 13.3. The van der Waals surface area contributed by atoms with Gasteiger partial charge in [-0.15, -0.1) is 0 Å². The molecule has 0 unspecified atom stereocenters. The molecule has 0 spiro atoms. The molecule has 25 heavy (non-hydrogen) atoms. The third-order valence-electron chi connectivity index (χ3n) is 4.63. The van der Waals surface area contributed by atoms with Crippen molar-refractivity contribution >= 4 is 23.2 Å². The lowest BCUT2D eigenvalue weighted by atomic mass is 9.96. The fourth-order valence-electron chi connectivity index (χ4n) is 3.27. The van der Waals surface area contributed by atoms with Crippen molar-refractivity contribution in [1.82, 2.24) is 4.90 Å². The number of aryl methyl sites for hydroxylation is 1. The molecule has 1 amide bonds. The Morgan fingerprint density at radius 2 is 2.16 bits per heavy atom. The molecule has 3 rings (SSSR count). The summed E-state index contributed by atoms with van der Waals surface area (Å²) in [6.07, 6.45) is 1.83. The molecule has 0 aliphatic carbocycles. The first-order valence-electron chi connectivity index (χ1n) is 8.55. The van der Waals surface area contributed by atoms with E-state index in [0.717, 1.165) is 36.2 Å². The van der Waals surface area contributed by atoms with Gasteiger partial charge in [0, 0.05) is 23.8 Å². The molecule has 2 aromatic carbocycles. The van der Waals surface area contributed by atoms with Crippen LogP contribution in [0.15, 0.2) is 42.5 Å². The van der Waals surface area contributed by atoms with Gasteiger partial charge in [-0.05, 0) is 61.7 Å². The summed E-state index contributed by atoms with van der Waals surface area (Å²) in [5, 5.41) is 3.61. The molecule has 0 saturated carbocycles. The number of likely N-dealkylation sites (tertiary alicyclic amines) is 1. The summed E-state index contributed by atoms with van der Waals surface area (Å²) in [6.45, 7) is 4.22. The number of carbonyl (C=O) groups excluding carboxylic acids is 1. The van der Waals surface area contributed by atoms with Gasteiger partial charge in [0.05, 0.1) is 5.92 Å². The molecule has 3 nitrogen and oxygen atoms in total. The lowest BCUT2D eigenvalue weighted by Gasteiger charge is -2.32. The van der Waals surface area contributed by atoms with Crippen LogP contribution in [0.5, 0.6) is 0 Å². The summed E-state index contributed by atoms with van der Waals surface area (Å²) in [5.41, 5.74) is 2.69. The number of benzene rings is 2. The van der Waals surface area contributed by atoms with E-state index in [4.69, 9.17) is 11.6 Å². The number of carbonyl (C=O) groups is 1. The first-order chi connectivity index (χ1) is 12.0. The lowest BCUT2D eigenvalue weighted by Crippen LogP contribution is -2.40. The zero-order valence-electron chi connectivity index (χ0n) is 14.3. The zero-order valence-corrected chi connectivity index (χ0v) is 15.0. The standard InChI is InChI=1S/C20H22ClFN2O/c1-14-7-8-17(21)11-19(14)23-20(25)16-5-3-9-24(13-16)12-15-4-2-6-18(22)10-15/h2,4,6-8,10-11,16H,3,5,9,12-13H2,1H3,(H,23,25)/t16-/m0/s1. The van der Waals surface area contributed by atoms with Crippen molar-refractivity contribution in [3.8, 4) is 0 Å². The van der Waals surface area contributed by atoms with Gasteiger partial charge < -0.3 is 5.32 Å². The number of rotatable bonds is 4. The van der Waals surface area contributed by atoms with Crippen LogP contribution in [0.1, 0.15) is 24.0 Å². The first-order valence-corrected chi connectivity index (χ1v) is 8.93. The fourth-order valence-corrected chi connectivity index (χ4v) is 3.44. The smallest absolute Gasteiger partial charge is 0.228 e. The summed E-state index contributed by atoms with van der Waals surface area (Å²) in [5.74, 6) is -0.268. The third kappa shape index (κ3) is 4.80. The minimum absolute atomic E-state index is 0.0225. The van der Waals surface area contributed by atoms with E-state index in [0.29, 0.717) is 18.1 Å². The highest BCUT2D eigenvalue weighted by molar-refractivity contribution is 6.31. The lowest BCUT2D eigenvalue weighted by molar-refractivity contribution is -0.121. The Kier molecular flexibility index (Phi) is 5.71. The SMILES string of the molecule is Cc1ccc(Cl)cc1NC(=O)[C@H]1CCCN(Cc2cccc(F)c2)C1.